The monoisotopic (exact) mass is 536 g/mol. The highest BCUT2D eigenvalue weighted by Crippen LogP contribution is 2.27. The van der Waals surface area contributed by atoms with Gasteiger partial charge >= 0.3 is 6.03 Å². The van der Waals surface area contributed by atoms with Crippen LogP contribution in [0.15, 0.2) is 60.7 Å². The summed E-state index contributed by atoms with van der Waals surface area (Å²) < 4.78 is 0. The minimum atomic E-state index is -0.819. The second kappa shape index (κ2) is 14.4. The van der Waals surface area contributed by atoms with Crippen LogP contribution >= 0.6 is 0 Å². The van der Waals surface area contributed by atoms with Crippen molar-refractivity contribution in [2.24, 2.45) is 23.7 Å². The largest absolute Gasteiger partial charge is 0.343 e. The Morgan fingerprint density at radius 1 is 0.897 bits per heavy atom. The third-order valence-electron chi connectivity index (χ3n) is 6.82. The summed E-state index contributed by atoms with van der Waals surface area (Å²) in [5.74, 6) is -2.86. The van der Waals surface area contributed by atoms with Crippen molar-refractivity contribution < 1.29 is 24.0 Å². The van der Waals surface area contributed by atoms with Crippen LogP contribution in [0.25, 0.3) is 0 Å². The van der Waals surface area contributed by atoms with Crippen LogP contribution in [0.2, 0.25) is 0 Å². The Labute approximate surface area is 230 Å². The Kier molecular flexibility index (Phi) is 11.0. The molecule has 3 rings (SSSR count). The number of amides is 5. The van der Waals surface area contributed by atoms with Gasteiger partial charge in [0, 0.05) is 0 Å². The molecular formula is C30H40N4O5. The number of imide groups is 1. The van der Waals surface area contributed by atoms with Gasteiger partial charge in [0.2, 0.25) is 11.8 Å². The summed E-state index contributed by atoms with van der Waals surface area (Å²) >= 11 is 0. The fourth-order valence-electron chi connectivity index (χ4n) is 4.89. The van der Waals surface area contributed by atoms with Crippen molar-refractivity contribution in [3.05, 3.63) is 71.8 Å². The van der Waals surface area contributed by atoms with Crippen LogP contribution in [-0.4, -0.2) is 34.8 Å². The topological polar surface area (TPSA) is 117 Å². The highest BCUT2D eigenvalue weighted by molar-refractivity contribution is 6.05. The lowest BCUT2D eigenvalue weighted by atomic mass is 9.81. The van der Waals surface area contributed by atoms with E-state index in [0.29, 0.717) is 19.3 Å². The zero-order valence-electron chi connectivity index (χ0n) is 23.2. The van der Waals surface area contributed by atoms with Crippen LogP contribution in [0.4, 0.5) is 4.79 Å². The molecule has 1 aliphatic rings. The second-order valence-corrected chi connectivity index (χ2v) is 10.8. The average molecular weight is 537 g/mol. The Morgan fingerprint density at radius 3 is 2.10 bits per heavy atom. The number of carbonyl (C=O) groups excluding carboxylic acids is 4. The van der Waals surface area contributed by atoms with Gasteiger partial charge in [-0.1, -0.05) is 88.4 Å². The number of hydroxylamine groups is 1. The van der Waals surface area contributed by atoms with Gasteiger partial charge in [-0.25, -0.2) is 15.3 Å². The molecule has 0 saturated carbocycles. The molecule has 1 saturated heterocycles. The number of hydrazine groups is 1. The summed E-state index contributed by atoms with van der Waals surface area (Å²) in [5, 5.41) is 3.33. The summed E-state index contributed by atoms with van der Waals surface area (Å²) in [6.07, 6.45) is 2.30. The van der Waals surface area contributed by atoms with Crippen molar-refractivity contribution >= 4 is 23.8 Å². The summed E-state index contributed by atoms with van der Waals surface area (Å²) in [4.78, 5) is 57.4. The lowest BCUT2D eigenvalue weighted by molar-refractivity contribution is -0.146. The zero-order chi connectivity index (χ0) is 28.4. The van der Waals surface area contributed by atoms with E-state index in [0.717, 1.165) is 22.6 Å². The molecule has 1 aliphatic heterocycles. The molecule has 1 heterocycles. The van der Waals surface area contributed by atoms with Gasteiger partial charge in [-0.2, -0.15) is 0 Å². The summed E-state index contributed by atoms with van der Waals surface area (Å²) in [6, 6.07) is 17.9. The van der Waals surface area contributed by atoms with Crippen LogP contribution in [0.5, 0.6) is 0 Å². The molecule has 39 heavy (non-hydrogen) atoms. The van der Waals surface area contributed by atoms with Gasteiger partial charge in [0.1, 0.15) is 6.04 Å². The van der Waals surface area contributed by atoms with E-state index in [4.69, 9.17) is 4.84 Å². The maximum absolute atomic E-state index is 13.7. The first-order chi connectivity index (χ1) is 18.7. The van der Waals surface area contributed by atoms with Gasteiger partial charge in [0.15, 0.2) is 0 Å². The molecule has 3 N–H and O–H groups in total. The lowest BCUT2D eigenvalue weighted by Crippen LogP contribution is -2.54. The third kappa shape index (κ3) is 8.64. The highest BCUT2D eigenvalue weighted by atomic mass is 16.6. The van der Waals surface area contributed by atoms with E-state index in [1.54, 1.807) is 13.8 Å². The van der Waals surface area contributed by atoms with Crippen molar-refractivity contribution in [1.29, 1.82) is 0 Å². The van der Waals surface area contributed by atoms with Crippen molar-refractivity contribution in [2.45, 2.75) is 66.0 Å². The molecule has 0 bridgehead atoms. The van der Waals surface area contributed by atoms with Crippen LogP contribution in [-0.2, 0) is 32.2 Å². The minimum absolute atomic E-state index is 0.102. The van der Waals surface area contributed by atoms with E-state index in [1.165, 1.54) is 0 Å². The second-order valence-electron chi connectivity index (χ2n) is 10.8. The first-order valence-corrected chi connectivity index (χ1v) is 13.6. The van der Waals surface area contributed by atoms with Crippen LogP contribution < -0.4 is 16.2 Å². The molecule has 5 amide bonds. The van der Waals surface area contributed by atoms with E-state index >= 15 is 0 Å². The van der Waals surface area contributed by atoms with E-state index in [2.05, 4.69) is 16.2 Å². The summed E-state index contributed by atoms with van der Waals surface area (Å²) in [6.45, 7) is 7.76. The molecule has 1 fully saturated rings. The Bertz CT molecular complexity index is 1110. The molecule has 210 valence electrons. The van der Waals surface area contributed by atoms with Gasteiger partial charge in [0.25, 0.3) is 5.91 Å². The number of aryl methyl sites for hydroxylation is 1. The molecule has 9 nitrogen and oxygen atoms in total. The van der Waals surface area contributed by atoms with Gasteiger partial charge in [-0.3, -0.25) is 30.0 Å². The fourth-order valence-corrected chi connectivity index (χ4v) is 4.89. The van der Waals surface area contributed by atoms with E-state index < -0.39 is 35.7 Å². The van der Waals surface area contributed by atoms with Crippen molar-refractivity contribution in [2.75, 3.05) is 0 Å². The molecule has 2 aromatic carbocycles. The van der Waals surface area contributed by atoms with Crippen molar-refractivity contribution in [1.82, 2.24) is 21.2 Å². The Balaban J connectivity index is 1.77. The van der Waals surface area contributed by atoms with Gasteiger partial charge in [0.05, 0.1) is 18.4 Å². The fraction of sp³-hybridized carbons (Fsp3) is 0.467. The number of hydrogen-bond acceptors (Lipinski definition) is 5. The summed E-state index contributed by atoms with van der Waals surface area (Å²) in [5.41, 5.74) is 7.27. The van der Waals surface area contributed by atoms with Gasteiger partial charge in [-0.15, -0.1) is 0 Å². The minimum Gasteiger partial charge on any atom is -0.275 e. The molecule has 3 atom stereocenters. The number of rotatable bonds is 14. The SMILES string of the molecule is CC(C)C[C@@H](C(=O)NN1C(=O)NC(=O)[C@@H]1C(C)C)[C@H](CCCc1ccccc1)C(=O)NOCc1ccccc1. The van der Waals surface area contributed by atoms with Crippen LogP contribution in [0.1, 0.15) is 58.1 Å². The number of carbonyl (C=O) groups is 4. The first-order valence-electron chi connectivity index (χ1n) is 13.6. The van der Waals surface area contributed by atoms with Crippen molar-refractivity contribution in [3.63, 3.8) is 0 Å². The number of nitrogens with zero attached hydrogens (tertiary/aromatic N) is 1. The van der Waals surface area contributed by atoms with E-state index in [1.807, 2.05) is 74.5 Å². The quantitative estimate of drug-likeness (QED) is 0.248. The normalized spacial score (nSPS) is 16.8. The highest BCUT2D eigenvalue weighted by Gasteiger charge is 2.43. The molecule has 2 aromatic rings. The van der Waals surface area contributed by atoms with E-state index in [-0.39, 0.29) is 24.3 Å². The Morgan fingerprint density at radius 2 is 1.51 bits per heavy atom. The standard InChI is InChI=1S/C30H40N4O5/c1-20(2)18-25(27(35)32-34-26(21(3)4)29(37)31-30(34)38)24(17-11-16-22-12-7-5-8-13-22)28(36)33-39-19-23-14-9-6-10-15-23/h5-10,12-15,20-21,24-26H,11,16-19H2,1-4H3,(H,32,35)(H,33,36)(H,31,37,38)/t24-,25+,26-/m0/s1. The zero-order valence-corrected chi connectivity index (χ0v) is 23.2. The van der Waals surface area contributed by atoms with E-state index in [9.17, 15) is 19.2 Å². The lowest BCUT2D eigenvalue weighted by Gasteiger charge is -2.31. The predicted molar refractivity (Wildman–Crippen MR) is 147 cm³/mol. The average Bonchev–Trinajstić information content (AvgIpc) is 3.18. The van der Waals surface area contributed by atoms with Gasteiger partial charge in [-0.05, 0) is 48.6 Å². The summed E-state index contributed by atoms with van der Waals surface area (Å²) in [7, 11) is 0. The number of urea groups is 1. The first kappa shape index (κ1) is 29.8. The molecule has 0 unspecified atom stereocenters. The Hall–Kier alpha value is -3.72. The van der Waals surface area contributed by atoms with Crippen molar-refractivity contribution in [3.8, 4) is 0 Å². The molecular weight excluding hydrogens is 496 g/mol. The maximum atomic E-state index is 13.7. The number of hydrogen-bond donors (Lipinski definition) is 3. The molecule has 0 spiro atoms. The predicted octanol–water partition coefficient (Wildman–Crippen LogP) is 4.14. The third-order valence-corrected chi connectivity index (χ3v) is 6.82. The van der Waals surface area contributed by atoms with Crippen LogP contribution in [0.3, 0.4) is 0 Å². The molecule has 0 aromatic heterocycles. The number of nitrogens with one attached hydrogen (secondary N) is 3. The molecule has 0 aliphatic carbocycles. The van der Waals surface area contributed by atoms with Gasteiger partial charge < -0.3 is 0 Å². The maximum Gasteiger partial charge on any atom is 0.343 e. The number of benzene rings is 2. The smallest absolute Gasteiger partial charge is 0.275 e. The van der Waals surface area contributed by atoms with Crippen LogP contribution in [0, 0.1) is 23.7 Å². The molecule has 9 heteroatoms. The molecule has 0 radical (unpaired) electrons.